The molecular formula is C23H25N3O3. The van der Waals surface area contributed by atoms with Gasteiger partial charge >= 0.3 is 0 Å². The standard InChI is InChI=1S/C23H25N3O3/c1-28-21-9-5-6-10-22(21)29-14-12-19-15-20(25-24-19)18-11-13-26(16-18)23(27)17-7-3-2-4-8-17/h2-10,15,18H,11-14,16H2,1H3,(H,24,25)/t18-/m0/s1. The number of rotatable bonds is 7. The van der Waals surface area contributed by atoms with E-state index in [1.54, 1.807) is 7.11 Å². The van der Waals surface area contributed by atoms with E-state index >= 15 is 0 Å². The fourth-order valence-corrected chi connectivity index (χ4v) is 3.68. The molecule has 2 heterocycles. The van der Waals surface area contributed by atoms with Gasteiger partial charge in [0.2, 0.25) is 0 Å². The number of likely N-dealkylation sites (tertiary alicyclic amines) is 1. The first-order valence-electron chi connectivity index (χ1n) is 9.89. The maximum atomic E-state index is 12.6. The second-order valence-corrected chi connectivity index (χ2v) is 7.17. The number of nitrogens with zero attached hydrogens (tertiary/aromatic N) is 2. The highest BCUT2D eigenvalue weighted by Crippen LogP contribution is 2.28. The van der Waals surface area contributed by atoms with Gasteiger partial charge in [-0.15, -0.1) is 0 Å². The van der Waals surface area contributed by atoms with Crippen LogP contribution in [0.5, 0.6) is 11.5 Å². The summed E-state index contributed by atoms with van der Waals surface area (Å²) < 4.78 is 11.1. The molecule has 6 heteroatoms. The van der Waals surface area contributed by atoms with E-state index < -0.39 is 0 Å². The summed E-state index contributed by atoms with van der Waals surface area (Å²) in [5.41, 5.74) is 2.78. The van der Waals surface area contributed by atoms with E-state index in [0.717, 1.165) is 47.8 Å². The molecule has 1 aromatic heterocycles. The van der Waals surface area contributed by atoms with Crippen LogP contribution in [0.3, 0.4) is 0 Å². The molecule has 0 saturated carbocycles. The van der Waals surface area contributed by atoms with Gasteiger partial charge in [-0.05, 0) is 36.8 Å². The Bertz CT molecular complexity index is 955. The SMILES string of the molecule is COc1ccccc1OCCc1cc([C@H]2CCN(C(=O)c3ccccc3)C2)n[nH]1. The average molecular weight is 391 g/mol. The third-order valence-corrected chi connectivity index (χ3v) is 5.26. The van der Waals surface area contributed by atoms with E-state index in [4.69, 9.17) is 9.47 Å². The lowest BCUT2D eigenvalue weighted by Gasteiger charge is -2.16. The summed E-state index contributed by atoms with van der Waals surface area (Å²) in [6.45, 7) is 2.00. The van der Waals surface area contributed by atoms with Crippen LogP contribution in [0.1, 0.15) is 34.1 Å². The summed E-state index contributed by atoms with van der Waals surface area (Å²) in [4.78, 5) is 14.5. The fraction of sp³-hybridized carbons (Fsp3) is 0.304. The maximum Gasteiger partial charge on any atom is 0.253 e. The molecule has 0 spiro atoms. The second-order valence-electron chi connectivity index (χ2n) is 7.17. The Morgan fingerprint density at radius 3 is 2.69 bits per heavy atom. The molecule has 1 N–H and O–H groups in total. The number of amides is 1. The number of H-pyrrole nitrogens is 1. The number of carbonyl (C=O) groups is 1. The van der Waals surface area contributed by atoms with Crippen LogP contribution in [0.25, 0.3) is 0 Å². The quantitative estimate of drug-likeness (QED) is 0.667. The second kappa shape index (κ2) is 8.82. The predicted molar refractivity (Wildman–Crippen MR) is 110 cm³/mol. The van der Waals surface area contributed by atoms with Crippen LogP contribution >= 0.6 is 0 Å². The molecule has 1 saturated heterocycles. The Hall–Kier alpha value is -3.28. The molecule has 29 heavy (non-hydrogen) atoms. The Kier molecular flexibility index (Phi) is 5.79. The Labute approximate surface area is 170 Å². The third-order valence-electron chi connectivity index (χ3n) is 5.26. The summed E-state index contributed by atoms with van der Waals surface area (Å²) in [5, 5.41) is 7.59. The summed E-state index contributed by atoms with van der Waals surface area (Å²) in [7, 11) is 1.64. The molecule has 1 aliphatic heterocycles. The lowest BCUT2D eigenvalue weighted by molar-refractivity contribution is 0.0790. The van der Waals surface area contributed by atoms with Crippen LogP contribution in [0.2, 0.25) is 0 Å². The molecule has 3 aromatic rings. The number of aromatic amines is 1. The van der Waals surface area contributed by atoms with Crippen molar-refractivity contribution in [3.63, 3.8) is 0 Å². The molecule has 0 bridgehead atoms. The van der Waals surface area contributed by atoms with Gasteiger partial charge in [-0.3, -0.25) is 9.89 Å². The van der Waals surface area contributed by atoms with Crippen LogP contribution in [0.15, 0.2) is 60.7 Å². The first kappa shape index (κ1) is 19.1. The van der Waals surface area contributed by atoms with Crippen molar-refractivity contribution >= 4 is 5.91 Å². The van der Waals surface area contributed by atoms with Crippen molar-refractivity contribution < 1.29 is 14.3 Å². The fourth-order valence-electron chi connectivity index (χ4n) is 3.68. The Balaban J connectivity index is 1.31. The lowest BCUT2D eigenvalue weighted by atomic mass is 10.0. The zero-order valence-corrected chi connectivity index (χ0v) is 16.5. The van der Waals surface area contributed by atoms with Crippen LogP contribution in [0, 0.1) is 0 Å². The zero-order valence-electron chi connectivity index (χ0n) is 16.5. The lowest BCUT2D eigenvalue weighted by Crippen LogP contribution is -2.28. The molecule has 0 unspecified atom stereocenters. The van der Waals surface area contributed by atoms with Crippen molar-refractivity contribution in [2.24, 2.45) is 0 Å². The van der Waals surface area contributed by atoms with Crippen LogP contribution in [-0.4, -0.2) is 47.8 Å². The van der Waals surface area contributed by atoms with Crippen LogP contribution in [-0.2, 0) is 6.42 Å². The van der Waals surface area contributed by atoms with Gasteiger partial charge in [-0.1, -0.05) is 30.3 Å². The van der Waals surface area contributed by atoms with Crippen molar-refractivity contribution in [3.8, 4) is 11.5 Å². The minimum atomic E-state index is 0.0917. The number of hydrogen-bond donors (Lipinski definition) is 1. The number of ether oxygens (including phenoxy) is 2. The topological polar surface area (TPSA) is 67.5 Å². The minimum absolute atomic E-state index is 0.0917. The number of aromatic nitrogens is 2. The molecule has 1 fully saturated rings. The highest BCUT2D eigenvalue weighted by molar-refractivity contribution is 5.94. The highest BCUT2D eigenvalue weighted by Gasteiger charge is 2.29. The van der Waals surface area contributed by atoms with E-state index in [0.29, 0.717) is 13.2 Å². The minimum Gasteiger partial charge on any atom is -0.493 e. The van der Waals surface area contributed by atoms with Gasteiger partial charge in [-0.25, -0.2) is 0 Å². The zero-order chi connectivity index (χ0) is 20.1. The highest BCUT2D eigenvalue weighted by atomic mass is 16.5. The summed E-state index contributed by atoms with van der Waals surface area (Å²) in [5.74, 6) is 1.82. The molecule has 1 atom stereocenters. The third kappa shape index (κ3) is 4.42. The van der Waals surface area contributed by atoms with Gasteiger partial charge < -0.3 is 14.4 Å². The van der Waals surface area contributed by atoms with Crippen LogP contribution < -0.4 is 9.47 Å². The Morgan fingerprint density at radius 1 is 1.14 bits per heavy atom. The number of carbonyl (C=O) groups excluding carboxylic acids is 1. The molecule has 6 nitrogen and oxygen atoms in total. The van der Waals surface area contributed by atoms with Crippen molar-refractivity contribution in [2.75, 3.05) is 26.8 Å². The van der Waals surface area contributed by atoms with Gasteiger partial charge in [0.1, 0.15) is 0 Å². The molecule has 150 valence electrons. The molecule has 0 aliphatic carbocycles. The molecular weight excluding hydrogens is 366 g/mol. The number of benzene rings is 2. The van der Waals surface area contributed by atoms with E-state index in [-0.39, 0.29) is 11.8 Å². The molecule has 2 aromatic carbocycles. The first-order valence-corrected chi connectivity index (χ1v) is 9.89. The van der Waals surface area contributed by atoms with Gasteiger partial charge in [-0.2, -0.15) is 5.10 Å². The summed E-state index contributed by atoms with van der Waals surface area (Å²) in [6, 6.07) is 19.2. The predicted octanol–water partition coefficient (Wildman–Crippen LogP) is 3.67. The Morgan fingerprint density at radius 2 is 1.90 bits per heavy atom. The molecule has 4 rings (SSSR count). The normalized spacial score (nSPS) is 16.0. The van der Waals surface area contributed by atoms with E-state index in [1.165, 1.54) is 0 Å². The van der Waals surface area contributed by atoms with E-state index in [1.807, 2.05) is 59.5 Å². The summed E-state index contributed by atoms with van der Waals surface area (Å²) in [6.07, 6.45) is 1.66. The number of nitrogens with one attached hydrogen (secondary N) is 1. The molecule has 1 aliphatic rings. The van der Waals surface area contributed by atoms with Gasteiger partial charge in [0, 0.05) is 36.7 Å². The van der Waals surface area contributed by atoms with Gasteiger partial charge in [0.15, 0.2) is 11.5 Å². The molecule has 0 radical (unpaired) electrons. The van der Waals surface area contributed by atoms with Gasteiger partial charge in [0.25, 0.3) is 5.91 Å². The monoisotopic (exact) mass is 391 g/mol. The first-order chi connectivity index (χ1) is 14.2. The summed E-state index contributed by atoms with van der Waals surface area (Å²) >= 11 is 0. The average Bonchev–Trinajstić information content (AvgIpc) is 3.44. The van der Waals surface area contributed by atoms with Crippen molar-refractivity contribution in [3.05, 3.63) is 77.6 Å². The largest absolute Gasteiger partial charge is 0.493 e. The van der Waals surface area contributed by atoms with Crippen LogP contribution in [0.4, 0.5) is 0 Å². The maximum absolute atomic E-state index is 12.6. The number of hydrogen-bond acceptors (Lipinski definition) is 4. The smallest absolute Gasteiger partial charge is 0.253 e. The van der Waals surface area contributed by atoms with E-state index in [2.05, 4.69) is 16.3 Å². The van der Waals surface area contributed by atoms with Crippen molar-refractivity contribution in [1.82, 2.24) is 15.1 Å². The number of para-hydroxylation sites is 2. The number of methoxy groups -OCH3 is 1. The van der Waals surface area contributed by atoms with Crippen molar-refractivity contribution in [2.45, 2.75) is 18.8 Å². The van der Waals surface area contributed by atoms with Gasteiger partial charge in [0.05, 0.1) is 19.4 Å². The molecule has 1 amide bonds. The van der Waals surface area contributed by atoms with E-state index in [9.17, 15) is 4.79 Å². The van der Waals surface area contributed by atoms with Crippen molar-refractivity contribution in [1.29, 1.82) is 0 Å².